The maximum Gasteiger partial charge on any atom is 0.183 e. The molecule has 18 heavy (non-hydrogen) atoms. The Hall–Kier alpha value is -1.90. The van der Waals surface area contributed by atoms with Crippen LogP contribution in [0.2, 0.25) is 10.0 Å². The van der Waals surface area contributed by atoms with Crippen molar-refractivity contribution in [2.24, 2.45) is 0 Å². The van der Waals surface area contributed by atoms with Crippen molar-refractivity contribution in [3.63, 3.8) is 0 Å². The molecule has 0 atom stereocenters. The third-order valence-corrected chi connectivity index (χ3v) is 2.60. The predicted molar refractivity (Wildman–Crippen MR) is 66.4 cm³/mol. The van der Waals surface area contributed by atoms with Crippen LogP contribution < -0.4 is 5.32 Å². The van der Waals surface area contributed by atoms with Gasteiger partial charge >= 0.3 is 0 Å². The van der Waals surface area contributed by atoms with E-state index in [0.717, 1.165) is 0 Å². The van der Waals surface area contributed by atoms with Crippen molar-refractivity contribution in [2.45, 2.75) is 0 Å². The van der Waals surface area contributed by atoms with Crippen molar-refractivity contribution in [1.82, 2.24) is 9.97 Å². The largest absolute Gasteiger partial charge is 0.338 e. The minimum Gasteiger partial charge on any atom is -0.338 e. The van der Waals surface area contributed by atoms with E-state index in [1.807, 2.05) is 6.07 Å². The number of anilines is 2. The Morgan fingerprint density at radius 3 is 2.39 bits per heavy atom. The van der Waals surface area contributed by atoms with E-state index in [-0.39, 0.29) is 21.6 Å². The normalized spacial score (nSPS) is 9.89. The fourth-order valence-electron chi connectivity index (χ4n) is 1.28. The molecule has 90 valence electrons. The summed E-state index contributed by atoms with van der Waals surface area (Å²) in [6, 6.07) is 4.57. The maximum absolute atomic E-state index is 13.2. The quantitative estimate of drug-likeness (QED) is 0.856. The third kappa shape index (κ3) is 2.50. The summed E-state index contributed by atoms with van der Waals surface area (Å²) >= 11 is 11.3. The van der Waals surface area contributed by atoms with Crippen molar-refractivity contribution in [2.75, 3.05) is 5.32 Å². The summed E-state index contributed by atoms with van der Waals surface area (Å²) in [7, 11) is 0. The van der Waals surface area contributed by atoms with Gasteiger partial charge in [0.2, 0.25) is 0 Å². The van der Waals surface area contributed by atoms with Crippen LogP contribution >= 0.6 is 23.2 Å². The topological polar surface area (TPSA) is 61.6 Å². The molecule has 0 aliphatic carbocycles. The lowest BCUT2D eigenvalue weighted by molar-refractivity contribution is 0.629. The highest BCUT2D eigenvalue weighted by atomic mass is 35.5. The van der Waals surface area contributed by atoms with Gasteiger partial charge in [-0.25, -0.2) is 14.4 Å². The number of nitrogens with one attached hydrogen (secondary N) is 1. The summed E-state index contributed by atoms with van der Waals surface area (Å²) in [6.45, 7) is 0. The first-order chi connectivity index (χ1) is 8.61. The molecule has 0 amide bonds. The fourth-order valence-corrected chi connectivity index (χ4v) is 1.76. The molecule has 0 spiro atoms. The lowest BCUT2D eigenvalue weighted by atomic mass is 10.3. The zero-order chi connectivity index (χ0) is 13.1. The smallest absolute Gasteiger partial charge is 0.183 e. The van der Waals surface area contributed by atoms with E-state index >= 15 is 0 Å². The molecule has 1 heterocycles. The second-order valence-corrected chi connectivity index (χ2v) is 4.06. The molecule has 0 aliphatic heterocycles. The minimum atomic E-state index is -0.691. The molecule has 0 bridgehead atoms. The summed E-state index contributed by atoms with van der Waals surface area (Å²) < 4.78 is 13.2. The first kappa shape index (κ1) is 12.6. The van der Waals surface area contributed by atoms with Crippen molar-refractivity contribution in [1.29, 1.82) is 5.26 Å². The Bertz CT molecular complexity index is 616. The minimum absolute atomic E-state index is 0.118. The molecule has 0 aliphatic rings. The molecule has 0 radical (unpaired) electrons. The third-order valence-electron chi connectivity index (χ3n) is 2.05. The van der Waals surface area contributed by atoms with E-state index in [1.165, 1.54) is 24.5 Å². The Kier molecular flexibility index (Phi) is 3.60. The van der Waals surface area contributed by atoms with Gasteiger partial charge < -0.3 is 5.32 Å². The molecule has 4 nitrogen and oxygen atoms in total. The van der Waals surface area contributed by atoms with Crippen molar-refractivity contribution >= 4 is 34.7 Å². The zero-order valence-electron chi connectivity index (χ0n) is 8.78. The molecular weight excluding hydrogens is 278 g/mol. The van der Waals surface area contributed by atoms with Crippen LogP contribution in [0.1, 0.15) is 5.69 Å². The Balaban J connectivity index is 2.38. The number of aromatic nitrogens is 2. The molecule has 7 heteroatoms. The van der Waals surface area contributed by atoms with Crippen LogP contribution in [-0.4, -0.2) is 9.97 Å². The lowest BCUT2D eigenvalue weighted by Gasteiger charge is -2.07. The van der Waals surface area contributed by atoms with E-state index < -0.39 is 5.82 Å². The number of halogens is 3. The molecule has 1 aromatic heterocycles. The second-order valence-electron chi connectivity index (χ2n) is 3.24. The van der Waals surface area contributed by atoms with E-state index in [2.05, 4.69) is 15.3 Å². The van der Waals surface area contributed by atoms with Gasteiger partial charge in [0.25, 0.3) is 0 Å². The number of hydrogen-bond donors (Lipinski definition) is 1. The number of rotatable bonds is 2. The lowest BCUT2D eigenvalue weighted by Crippen LogP contribution is -1.99. The van der Waals surface area contributed by atoms with Crippen molar-refractivity contribution in [3.05, 3.63) is 46.1 Å². The van der Waals surface area contributed by atoms with E-state index in [4.69, 9.17) is 28.5 Å². The van der Waals surface area contributed by atoms with Gasteiger partial charge in [-0.15, -0.1) is 0 Å². The molecular formula is C11H5Cl2FN4. The summed E-state index contributed by atoms with van der Waals surface area (Å²) in [6.07, 6.45) is 2.82. The van der Waals surface area contributed by atoms with Gasteiger partial charge in [0, 0.05) is 18.1 Å². The molecule has 1 N–H and O–H groups in total. The van der Waals surface area contributed by atoms with Gasteiger partial charge in [-0.2, -0.15) is 5.26 Å². The summed E-state index contributed by atoms with van der Waals surface area (Å²) in [5.74, 6) is -0.442. The highest BCUT2D eigenvalue weighted by Gasteiger charge is 2.10. The second kappa shape index (κ2) is 5.17. The van der Waals surface area contributed by atoms with Crippen LogP contribution in [0.5, 0.6) is 0 Å². The summed E-state index contributed by atoms with van der Waals surface area (Å²) in [5.41, 5.74) is 0.539. The first-order valence-electron chi connectivity index (χ1n) is 4.74. The van der Waals surface area contributed by atoms with Crippen LogP contribution in [0.15, 0.2) is 24.5 Å². The predicted octanol–water partition coefficient (Wildman–Crippen LogP) is 3.54. The highest BCUT2D eigenvalue weighted by Crippen LogP contribution is 2.28. The number of benzene rings is 1. The van der Waals surface area contributed by atoms with Gasteiger partial charge in [0.05, 0.1) is 10.0 Å². The van der Waals surface area contributed by atoms with Crippen LogP contribution in [-0.2, 0) is 0 Å². The zero-order valence-corrected chi connectivity index (χ0v) is 10.3. The molecule has 1 aromatic carbocycles. The van der Waals surface area contributed by atoms with E-state index in [1.54, 1.807) is 0 Å². The van der Waals surface area contributed by atoms with Gasteiger partial charge in [0.15, 0.2) is 17.3 Å². The Morgan fingerprint density at radius 1 is 1.17 bits per heavy atom. The SMILES string of the molecule is N#Cc1nccnc1Nc1cc(Cl)c(F)c(Cl)c1. The number of nitriles is 1. The maximum atomic E-state index is 13.2. The fraction of sp³-hybridized carbons (Fsp3) is 0. The molecule has 2 aromatic rings. The summed E-state index contributed by atoms with van der Waals surface area (Å²) in [5, 5.41) is 11.4. The van der Waals surface area contributed by atoms with Gasteiger partial charge in [0.1, 0.15) is 6.07 Å². The van der Waals surface area contributed by atoms with E-state index in [9.17, 15) is 4.39 Å². The average molecular weight is 283 g/mol. The number of hydrogen-bond acceptors (Lipinski definition) is 4. The average Bonchev–Trinajstić information content (AvgIpc) is 2.36. The van der Waals surface area contributed by atoms with Crippen molar-refractivity contribution < 1.29 is 4.39 Å². The van der Waals surface area contributed by atoms with Crippen LogP contribution in [0.4, 0.5) is 15.9 Å². The monoisotopic (exact) mass is 282 g/mol. The van der Waals surface area contributed by atoms with Crippen LogP contribution in [0.25, 0.3) is 0 Å². The van der Waals surface area contributed by atoms with Gasteiger partial charge in [-0.1, -0.05) is 23.2 Å². The van der Waals surface area contributed by atoms with Crippen molar-refractivity contribution in [3.8, 4) is 6.07 Å². The molecule has 0 unspecified atom stereocenters. The molecule has 0 fully saturated rings. The number of nitrogens with zero attached hydrogens (tertiary/aromatic N) is 3. The van der Waals surface area contributed by atoms with Crippen LogP contribution in [0, 0.1) is 17.1 Å². The van der Waals surface area contributed by atoms with Gasteiger partial charge in [-0.05, 0) is 12.1 Å². The van der Waals surface area contributed by atoms with Gasteiger partial charge in [-0.3, -0.25) is 0 Å². The van der Waals surface area contributed by atoms with E-state index in [0.29, 0.717) is 5.69 Å². The summed E-state index contributed by atoms with van der Waals surface area (Å²) in [4.78, 5) is 7.78. The first-order valence-corrected chi connectivity index (χ1v) is 5.50. The molecule has 2 rings (SSSR count). The highest BCUT2D eigenvalue weighted by molar-refractivity contribution is 6.35. The molecule has 0 saturated heterocycles. The Labute approximate surface area is 112 Å². The van der Waals surface area contributed by atoms with Crippen LogP contribution in [0.3, 0.4) is 0 Å². The molecule has 0 saturated carbocycles. The standard InChI is InChI=1S/C11H5Cl2FN4/c12-7-3-6(4-8(13)10(7)14)18-11-9(5-15)16-1-2-17-11/h1-4H,(H,17,18). The Morgan fingerprint density at radius 2 is 1.78 bits per heavy atom.